The molecule has 0 unspecified atom stereocenters. The van der Waals surface area contributed by atoms with Gasteiger partial charge < -0.3 is 15.0 Å². The van der Waals surface area contributed by atoms with Crippen molar-refractivity contribution in [2.45, 2.75) is 25.4 Å². The van der Waals surface area contributed by atoms with E-state index in [0.29, 0.717) is 12.6 Å². The molecule has 6 heteroatoms. The Labute approximate surface area is 137 Å². The summed E-state index contributed by atoms with van der Waals surface area (Å²) >= 11 is 0. The number of nitrogens with one attached hydrogen (secondary N) is 1. The van der Waals surface area contributed by atoms with Crippen molar-refractivity contribution in [1.82, 2.24) is 15.1 Å². The van der Waals surface area contributed by atoms with E-state index in [2.05, 4.69) is 5.32 Å². The predicted octanol–water partition coefficient (Wildman–Crippen LogP) is 0.864. The highest BCUT2D eigenvalue weighted by Crippen LogP contribution is 2.19. The van der Waals surface area contributed by atoms with Crippen LogP contribution < -0.4 is 10.1 Å². The van der Waals surface area contributed by atoms with Gasteiger partial charge in [-0.3, -0.25) is 14.5 Å². The quantitative estimate of drug-likeness (QED) is 0.772. The molecule has 2 rings (SSSR count). The number of hydrogen-bond acceptors (Lipinski definition) is 4. The summed E-state index contributed by atoms with van der Waals surface area (Å²) in [4.78, 5) is 27.4. The molecule has 1 saturated carbocycles. The summed E-state index contributed by atoms with van der Waals surface area (Å²) in [6.07, 6.45) is 2.13. The molecule has 6 nitrogen and oxygen atoms in total. The van der Waals surface area contributed by atoms with Crippen molar-refractivity contribution in [1.29, 1.82) is 0 Å². The first kappa shape index (κ1) is 17.3. The molecule has 1 aliphatic rings. The van der Waals surface area contributed by atoms with Gasteiger partial charge in [0.2, 0.25) is 11.8 Å². The van der Waals surface area contributed by atoms with Gasteiger partial charge in [0.15, 0.2) is 0 Å². The van der Waals surface area contributed by atoms with Crippen molar-refractivity contribution in [2.24, 2.45) is 0 Å². The zero-order valence-electron chi connectivity index (χ0n) is 14.0. The van der Waals surface area contributed by atoms with Crippen LogP contribution in [0.2, 0.25) is 0 Å². The lowest BCUT2D eigenvalue weighted by Crippen LogP contribution is -2.41. The van der Waals surface area contributed by atoms with Crippen LogP contribution >= 0.6 is 0 Å². The molecule has 0 aliphatic heterocycles. The van der Waals surface area contributed by atoms with Gasteiger partial charge in [0, 0.05) is 25.2 Å². The molecule has 0 atom stereocenters. The first-order chi connectivity index (χ1) is 11.0. The third-order valence-corrected chi connectivity index (χ3v) is 3.79. The number of methoxy groups -OCH3 is 1. The van der Waals surface area contributed by atoms with E-state index in [4.69, 9.17) is 4.74 Å². The predicted molar refractivity (Wildman–Crippen MR) is 88.1 cm³/mol. The zero-order chi connectivity index (χ0) is 16.8. The summed E-state index contributed by atoms with van der Waals surface area (Å²) in [5.74, 6) is 0.720. The van der Waals surface area contributed by atoms with Crippen LogP contribution in [0.25, 0.3) is 0 Å². The molecule has 0 aromatic heterocycles. The van der Waals surface area contributed by atoms with Crippen molar-refractivity contribution in [3.05, 3.63) is 29.8 Å². The third-order valence-electron chi connectivity index (χ3n) is 3.79. The first-order valence-electron chi connectivity index (χ1n) is 7.83. The van der Waals surface area contributed by atoms with E-state index in [1.807, 2.05) is 24.3 Å². The molecule has 0 bridgehead atoms. The number of carbonyl (C=O) groups is 2. The van der Waals surface area contributed by atoms with Gasteiger partial charge in [0.05, 0.1) is 20.2 Å². The Morgan fingerprint density at radius 2 is 1.91 bits per heavy atom. The molecule has 1 aromatic carbocycles. The number of rotatable bonds is 8. The molecule has 0 radical (unpaired) electrons. The molecular weight excluding hydrogens is 294 g/mol. The molecular formula is C17H25N3O3. The second kappa shape index (κ2) is 7.97. The lowest BCUT2D eigenvalue weighted by molar-refractivity contribution is -0.132. The van der Waals surface area contributed by atoms with Gasteiger partial charge in [-0.05, 0) is 26.0 Å². The van der Waals surface area contributed by atoms with E-state index in [0.717, 1.165) is 24.2 Å². The average molecular weight is 319 g/mol. The highest BCUT2D eigenvalue weighted by Gasteiger charge is 2.24. The Bertz CT molecular complexity index is 558. The molecule has 1 fully saturated rings. The fraction of sp³-hybridized carbons (Fsp3) is 0.529. The lowest BCUT2D eigenvalue weighted by atomic mass is 10.2. The topological polar surface area (TPSA) is 61.9 Å². The number of para-hydroxylation sites is 1. The monoisotopic (exact) mass is 319 g/mol. The van der Waals surface area contributed by atoms with Crippen molar-refractivity contribution < 1.29 is 14.3 Å². The average Bonchev–Trinajstić information content (AvgIpc) is 3.31. The standard InChI is InChI=1S/C17H25N3O3/c1-19(11-16(21)18-14-8-9-14)12-17(22)20(2)10-13-6-4-5-7-15(13)23-3/h4-7,14H,8-12H2,1-3H3,(H,18,21). The van der Waals surface area contributed by atoms with Crippen LogP contribution in [-0.2, 0) is 16.1 Å². The van der Waals surface area contributed by atoms with E-state index >= 15 is 0 Å². The Kier molecular flexibility index (Phi) is 5.98. The molecule has 1 aromatic rings. The van der Waals surface area contributed by atoms with E-state index in [1.54, 1.807) is 31.0 Å². The van der Waals surface area contributed by atoms with Gasteiger partial charge in [-0.2, -0.15) is 0 Å². The van der Waals surface area contributed by atoms with Crippen LogP contribution in [0.5, 0.6) is 5.75 Å². The van der Waals surface area contributed by atoms with Gasteiger partial charge >= 0.3 is 0 Å². The molecule has 0 spiro atoms. The molecule has 0 saturated heterocycles. The molecule has 1 N–H and O–H groups in total. The van der Waals surface area contributed by atoms with Gasteiger partial charge in [0.1, 0.15) is 5.75 Å². The van der Waals surface area contributed by atoms with E-state index in [-0.39, 0.29) is 24.9 Å². The number of benzene rings is 1. The van der Waals surface area contributed by atoms with Crippen LogP contribution in [0, 0.1) is 0 Å². The molecule has 1 aliphatic carbocycles. The summed E-state index contributed by atoms with van der Waals surface area (Å²) in [5, 5.41) is 2.92. The number of amides is 2. The van der Waals surface area contributed by atoms with Crippen LogP contribution in [-0.4, -0.2) is 62.0 Å². The summed E-state index contributed by atoms with van der Waals surface area (Å²) < 4.78 is 5.30. The largest absolute Gasteiger partial charge is 0.496 e. The number of carbonyl (C=O) groups excluding carboxylic acids is 2. The van der Waals surface area contributed by atoms with Crippen LogP contribution in [0.15, 0.2) is 24.3 Å². The van der Waals surface area contributed by atoms with Crippen LogP contribution in [0.1, 0.15) is 18.4 Å². The Hall–Kier alpha value is -2.08. The number of likely N-dealkylation sites (N-methyl/N-ethyl adjacent to an activating group) is 2. The summed E-state index contributed by atoms with van der Waals surface area (Å²) in [7, 11) is 5.15. The van der Waals surface area contributed by atoms with E-state index in [9.17, 15) is 9.59 Å². The molecule has 0 heterocycles. The Morgan fingerprint density at radius 1 is 1.22 bits per heavy atom. The van der Waals surface area contributed by atoms with E-state index < -0.39 is 0 Å². The summed E-state index contributed by atoms with van der Waals surface area (Å²) in [6.45, 7) is 0.930. The Balaban J connectivity index is 1.80. The van der Waals surface area contributed by atoms with Crippen molar-refractivity contribution >= 4 is 11.8 Å². The highest BCUT2D eigenvalue weighted by molar-refractivity contribution is 5.81. The second-order valence-electron chi connectivity index (χ2n) is 6.08. The zero-order valence-corrected chi connectivity index (χ0v) is 14.0. The number of hydrogen-bond donors (Lipinski definition) is 1. The van der Waals surface area contributed by atoms with Crippen molar-refractivity contribution in [2.75, 3.05) is 34.3 Å². The van der Waals surface area contributed by atoms with Gasteiger partial charge in [-0.25, -0.2) is 0 Å². The van der Waals surface area contributed by atoms with Gasteiger partial charge in [-0.1, -0.05) is 18.2 Å². The fourth-order valence-corrected chi connectivity index (χ4v) is 2.33. The summed E-state index contributed by atoms with van der Waals surface area (Å²) in [6, 6.07) is 7.98. The first-order valence-corrected chi connectivity index (χ1v) is 7.83. The molecule has 126 valence electrons. The van der Waals surface area contributed by atoms with Gasteiger partial charge in [0.25, 0.3) is 0 Å². The van der Waals surface area contributed by atoms with Crippen molar-refractivity contribution in [3.8, 4) is 5.75 Å². The smallest absolute Gasteiger partial charge is 0.236 e. The molecule has 2 amide bonds. The second-order valence-corrected chi connectivity index (χ2v) is 6.08. The maximum absolute atomic E-state index is 12.3. The Morgan fingerprint density at radius 3 is 2.57 bits per heavy atom. The normalized spacial score (nSPS) is 13.7. The minimum Gasteiger partial charge on any atom is -0.496 e. The van der Waals surface area contributed by atoms with Crippen LogP contribution in [0.3, 0.4) is 0 Å². The third kappa shape index (κ3) is 5.56. The maximum Gasteiger partial charge on any atom is 0.236 e. The SMILES string of the molecule is COc1ccccc1CN(C)C(=O)CN(C)CC(=O)NC1CC1. The lowest BCUT2D eigenvalue weighted by Gasteiger charge is -2.22. The summed E-state index contributed by atoms with van der Waals surface area (Å²) in [5.41, 5.74) is 0.958. The molecule has 23 heavy (non-hydrogen) atoms. The van der Waals surface area contributed by atoms with Crippen LogP contribution in [0.4, 0.5) is 0 Å². The van der Waals surface area contributed by atoms with Crippen molar-refractivity contribution in [3.63, 3.8) is 0 Å². The maximum atomic E-state index is 12.3. The number of ether oxygens (including phenoxy) is 1. The minimum absolute atomic E-state index is 0.0184. The number of nitrogens with zero attached hydrogens (tertiary/aromatic N) is 2. The minimum atomic E-state index is -0.0300. The van der Waals surface area contributed by atoms with Gasteiger partial charge in [-0.15, -0.1) is 0 Å². The van der Waals surface area contributed by atoms with E-state index in [1.165, 1.54) is 0 Å². The highest BCUT2D eigenvalue weighted by atomic mass is 16.5. The fourth-order valence-electron chi connectivity index (χ4n) is 2.33.